The second-order valence-electron chi connectivity index (χ2n) is 5.40. The molecule has 0 aromatic rings. The van der Waals surface area contributed by atoms with E-state index in [2.05, 4.69) is 22.6 Å². The highest BCUT2D eigenvalue weighted by molar-refractivity contribution is 14.1. The molecule has 0 radical (unpaired) electrons. The molecule has 1 aliphatic heterocycles. The lowest BCUT2D eigenvalue weighted by atomic mass is 9.86. The molecule has 2 rings (SSSR count). The van der Waals surface area contributed by atoms with E-state index in [-0.39, 0.29) is 0 Å². The van der Waals surface area contributed by atoms with E-state index in [4.69, 9.17) is 0 Å². The van der Waals surface area contributed by atoms with E-state index in [1.54, 1.807) is 4.90 Å². The van der Waals surface area contributed by atoms with Gasteiger partial charge in [-0.15, -0.1) is 0 Å². The molecule has 0 aromatic carbocycles. The van der Waals surface area contributed by atoms with Crippen LogP contribution in [0.3, 0.4) is 0 Å². The summed E-state index contributed by atoms with van der Waals surface area (Å²) in [4.78, 5) is 13.7. The lowest BCUT2D eigenvalue weighted by molar-refractivity contribution is -0.896. The van der Waals surface area contributed by atoms with Gasteiger partial charge in [0.25, 0.3) is 0 Å². The van der Waals surface area contributed by atoms with Crippen molar-refractivity contribution in [3.05, 3.63) is 0 Å². The number of halogens is 1. The Labute approximate surface area is 112 Å². The van der Waals surface area contributed by atoms with Crippen LogP contribution in [0, 0.1) is 5.92 Å². The molecule has 2 nitrogen and oxygen atoms in total. The molecule has 1 saturated carbocycles. The molecule has 0 unspecified atom stereocenters. The summed E-state index contributed by atoms with van der Waals surface area (Å²) in [5, 5.41) is 0. The van der Waals surface area contributed by atoms with E-state index in [1.807, 2.05) is 0 Å². The van der Waals surface area contributed by atoms with Gasteiger partial charge in [-0.05, 0) is 44.9 Å². The molecule has 0 amide bonds. The largest absolute Gasteiger partial charge is 0.329 e. The number of likely N-dealkylation sites (tertiary alicyclic amines) is 1. The number of ketones is 1. The molecular weight excluding hydrogens is 313 g/mol. The van der Waals surface area contributed by atoms with Gasteiger partial charge in [-0.25, -0.2) is 0 Å². The number of rotatable bonds is 3. The van der Waals surface area contributed by atoms with Crippen LogP contribution in [0.4, 0.5) is 0 Å². The molecule has 1 aliphatic carbocycles. The molecule has 3 heteroatoms. The van der Waals surface area contributed by atoms with Gasteiger partial charge >= 0.3 is 0 Å². The highest BCUT2D eigenvalue weighted by Crippen LogP contribution is 2.29. The van der Waals surface area contributed by atoms with Crippen LogP contribution in [0.25, 0.3) is 0 Å². The van der Waals surface area contributed by atoms with Crippen LogP contribution < -0.4 is 4.90 Å². The summed E-state index contributed by atoms with van der Waals surface area (Å²) in [6.45, 7) is 3.28. The number of quaternary nitrogens is 1. The van der Waals surface area contributed by atoms with Crippen LogP contribution in [0.1, 0.15) is 44.9 Å². The fraction of sp³-hybridized carbons (Fsp3) is 0.923. The Morgan fingerprint density at radius 3 is 2.31 bits per heavy atom. The van der Waals surface area contributed by atoms with Gasteiger partial charge in [-0.3, -0.25) is 4.79 Å². The summed E-state index contributed by atoms with van der Waals surface area (Å²) >= 11 is 2.53. The fourth-order valence-corrected chi connectivity index (χ4v) is 3.71. The number of carbonyl (C=O) groups is 1. The highest BCUT2D eigenvalue weighted by Gasteiger charge is 2.27. The fourth-order valence-electron chi connectivity index (χ4n) is 2.99. The zero-order valence-corrected chi connectivity index (χ0v) is 12.2. The average Bonchev–Trinajstić information content (AvgIpc) is 2.31. The van der Waals surface area contributed by atoms with Gasteiger partial charge in [0.1, 0.15) is 6.54 Å². The highest BCUT2D eigenvalue weighted by atomic mass is 127. The summed E-state index contributed by atoms with van der Waals surface area (Å²) in [7, 11) is 0. The number of piperidine rings is 1. The van der Waals surface area contributed by atoms with Gasteiger partial charge in [0.05, 0.1) is 13.1 Å². The first-order chi connectivity index (χ1) is 7.75. The van der Waals surface area contributed by atoms with E-state index in [0.29, 0.717) is 11.7 Å². The topological polar surface area (TPSA) is 21.5 Å². The third-order valence-corrected chi connectivity index (χ3v) is 5.34. The number of nitrogens with one attached hydrogen (secondary N) is 1. The normalized spacial score (nSPS) is 32.6. The molecule has 2 fully saturated rings. The summed E-state index contributed by atoms with van der Waals surface area (Å²) in [6, 6.07) is 0. The molecular formula is C13H23INO+. The molecule has 1 N–H and O–H groups in total. The van der Waals surface area contributed by atoms with Crippen LogP contribution in [0.15, 0.2) is 0 Å². The van der Waals surface area contributed by atoms with Crippen molar-refractivity contribution in [1.82, 2.24) is 0 Å². The minimum atomic E-state index is 0.403. The van der Waals surface area contributed by atoms with Crippen LogP contribution in [-0.2, 0) is 4.79 Å². The van der Waals surface area contributed by atoms with Crippen molar-refractivity contribution in [2.45, 2.75) is 48.9 Å². The maximum atomic E-state index is 12.1. The molecule has 0 aromatic heterocycles. The Hall–Kier alpha value is 0.360. The quantitative estimate of drug-likeness (QED) is 0.614. The van der Waals surface area contributed by atoms with Gasteiger partial charge in [0.2, 0.25) is 0 Å². The lowest BCUT2D eigenvalue weighted by Gasteiger charge is -2.27. The second-order valence-corrected chi connectivity index (χ2v) is 7.16. The van der Waals surface area contributed by atoms with Crippen LogP contribution in [0.5, 0.6) is 0 Å². The number of Topliss-reactive ketones (excluding diaryl/α,β-unsaturated/α-hetero) is 1. The summed E-state index contributed by atoms with van der Waals surface area (Å²) < 4.78 is 0.823. The first-order valence-corrected chi connectivity index (χ1v) is 8.00. The summed E-state index contributed by atoms with van der Waals surface area (Å²) in [5.74, 6) is 0.959. The summed E-state index contributed by atoms with van der Waals surface area (Å²) in [5.41, 5.74) is 0. The van der Waals surface area contributed by atoms with Crippen LogP contribution in [-0.4, -0.2) is 29.3 Å². The third-order valence-electron chi connectivity index (χ3n) is 4.10. The predicted octanol–water partition coefficient (Wildman–Crippen LogP) is 1.62. The van der Waals surface area contributed by atoms with Gasteiger partial charge < -0.3 is 4.90 Å². The standard InChI is InChI=1S/C13H22INO/c14-12-6-4-11(5-7-12)13(16)10-15-8-2-1-3-9-15/h11-12H,1-10H2/p+1. The van der Waals surface area contributed by atoms with Gasteiger partial charge in [-0.1, -0.05) is 22.6 Å². The van der Waals surface area contributed by atoms with E-state index in [9.17, 15) is 4.79 Å². The van der Waals surface area contributed by atoms with Crippen molar-refractivity contribution in [1.29, 1.82) is 0 Å². The first-order valence-electron chi connectivity index (χ1n) is 6.76. The van der Waals surface area contributed by atoms with E-state index >= 15 is 0 Å². The minimum absolute atomic E-state index is 0.403. The minimum Gasteiger partial charge on any atom is -0.329 e. The van der Waals surface area contributed by atoms with Gasteiger partial charge in [0, 0.05) is 9.84 Å². The number of hydrogen-bond acceptors (Lipinski definition) is 1. The van der Waals surface area contributed by atoms with Gasteiger partial charge in [0.15, 0.2) is 5.78 Å². The maximum Gasteiger partial charge on any atom is 0.189 e. The van der Waals surface area contributed by atoms with Crippen LogP contribution in [0.2, 0.25) is 0 Å². The molecule has 16 heavy (non-hydrogen) atoms. The number of carbonyl (C=O) groups excluding carboxylic acids is 1. The maximum absolute atomic E-state index is 12.1. The molecule has 1 saturated heterocycles. The predicted molar refractivity (Wildman–Crippen MR) is 74.2 cm³/mol. The smallest absolute Gasteiger partial charge is 0.189 e. The summed E-state index contributed by atoms with van der Waals surface area (Å²) in [6.07, 6.45) is 8.84. The van der Waals surface area contributed by atoms with Crippen LogP contribution >= 0.6 is 22.6 Å². The monoisotopic (exact) mass is 336 g/mol. The molecule has 0 atom stereocenters. The Morgan fingerprint density at radius 1 is 1.06 bits per heavy atom. The first kappa shape index (κ1) is 12.8. The SMILES string of the molecule is O=C(C[NH+]1CCCCC1)C1CCC(I)CC1. The molecule has 2 aliphatic rings. The second kappa shape index (κ2) is 6.34. The van der Waals surface area contributed by atoms with Crippen molar-refractivity contribution >= 4 is 28.4 Å². The zero-order chi connectivity index (χ0) is 11.4. The third kappa shape index (κ3) is 3.69. The number of hydrogen-bond donors (Lipinski definition) is 1. The Morgan fingerprint density at radius 2 is 1.69 bits per heavy atom. The Balaban J connectivity index is 1.74. The van der Waals surface area contributed by atoms with Crippen molar-refractivity contribution in [2.75, 3.05) is 19.6 Å². The van der Waals surface area contributed by atoms with E-state index in [1.165, 1.54) is 45.2 Å². The Kier molecular flexibility index (Phi) is 5.07. The Bertz CT molecular complexity index is 230. The zero-order valence-electron chi connectivity index (χ0n) is 10.0. The van der Waals surface area contributed by atoms with E-state index in [0.717, 1.165) is 23.3 Å². The van der Waals surface area contributed by atoms with Crippen molar-refractivity contribution in [2.24, 2.45) is 5.92 Å². The van der Waals surface area contributed by atoms with Crippen molar-refractivity contribution in [3.8, 4) is 0 Å². The molecule has 92 valence electrons. The van der Waals surface area contributed by atoms with E-state index < -0.39 is 0 Å². The lowest BCUT2D eigenvalue weighted by Crippen LogP contribution is -3.13. The molecule has 1 heterocycles. The van der Waals surface area contributed by atoms with Crippen molar-refractivity contribution < 1.29 is 9.69 Å². The average molecular weight is 336 g/mol. The van der Waals surface area contributed by atoms with Crippen molar-refractivity contribution in [3.63, 3.8) is 0 Å². The number of alkyl halides is 1. The van der Waals surface area contributed by atoms with Gasteiger partial charge in [-0.2, -0.15) is 0 Å². The molecule has 0 spiro atoms. The molecule has 0 bridgehead atoms.